The van der Waals surface area contributed by atoms with E-state index in [0.29, 0.717) is 17.8 Å². The minimum atomic E-state index is -0.857. The third-order valence-corrected chi connectivity index (χ3v) is 13.5. The first kappa shape index (κ1) is 27.9. The van der Waals surface area contributed by atoms with Gasteiger partial charge in [-0.15, -0.1) is 0 Å². The Morgan fingerprint density at radius 2 is 1.54 bits per heavy atom. The first-order chi connectivity index (χ1) is 16.9. The van der Waals surface area contributed by atoms with Gasteiger partial charge in [0.25, 0.3) is 0 Å². The van der Waals surface area contributed by atoms with Crippen LogP contribution in [0.25, 0.3) is 0 Å². The van der Waals surface area contributed by atoms with Crippen LogP contribution in [-0.2, 0) is 14.3 Å². The van der Waals surface area contributed by atoms with Crippen molar-refractivity contribution < 1.29 is 24.5 Å². The van der Waals surface area contributed by atoms with E-state index in [-0.39, 0.29) is 57.5 Å². The number of aliphatic hydroxyl groups is 2. The van der Waals surface area contributed by atoms with Gasteiger partial charge in [-0.05, 0) is 118 Å². The Morgan fingerprint density at radius 3 is 2.14 bits per heavy atom. The molecule has 0 radical (unpaired) electrons. The maximum atomic E-state index is 12.5. The van der Waals surface area contributed by atoms with E-state index in [4.69, 9.17) is 9.47 Å². The van der Waals surface area contributed by atoms with Crippen LogP contribution < -0.4 is 0 Å². The zero-order valence-electron chi connectivity index (χ0n) is 25.0. The summed E-state index contributed by atoms with van der Waals surface area (Å²) in [4.78, 5) is 12.5. The van der Waals surface area contributed by atoms with Gasteiger partial charge in [0, 0.05) is 12.8 Å². The standard InChI is InChI=1S/C32H54O5/c1-19(33)36-21-18-23-29(6)14-12-24(34)27(2,3)22(29)11-16-30(23,7)31(8)15-10-20(26(21)31)32(9)17-13-25(37-32)28(4,5)35/h20-26,34-35H,10-18H2,1-9H3/t20-,21+,22-,23+,24-,25-,26-,29-,30+,31+,32-/m0/s1. The van der Waals surface area contributed by atoms with Crippen molar-refractivity contribution in [1.29, 1.82) is 0 Å². The van der Waals surface area contributed by atoms with E-state index < -0.39 is 5.60 Å². The fraction of sp³-hybridized carbons (Fsp3) is 0.969. The van der Waals surface area contributed by atoms with Crippen molar-refractivity contribution in [3.8, 4) is 0 Å². The summed E-state index contributed by atoms with van der Waals surface area (Å²) in [7, 11) is 0. The van der Waals surface area contributed by atoms with Crippen molar-refractivity contribution in [2.24, 2.45) is 45.3 Å². The Balaban J connectivity index is 1.54. The summed E-state index contributed by atoms with van der Waals surface area (Å²) in [5.74, 6) is 1.31. The van der Waals surface area contributed by atoms with Crippen LogP contribution in [0.2, 0.25) is 0 Å². The average molecular weight is 519 g/mol. The van der Waals surface area contributed by atoms with Gasteiger partial charge >= 0.3 is 5.97 Å². The number of aliphatic hydroxyl groups excluding tert-OH is 1. The molecule has 5 aliphatic rings. The first-order valence-electron chi connectivity index (χ1n) is 15.2. The quantitative estimate of drug-likeness (QED) is 0.430. The molecular formula is C32H54O5. The number of fused-ring (bicyclic) bond motifs is 5. The third-order valence-electron chi connectivity index (χ3n) is 13.5. The largest absolute Gasteiger partial charge is 0.462 e. The average Bonchev–Trinajstić information content (AvgIpc) is 3.35. The highest BCUT2D eigenvalue weighted by Gasteiger charge is 2.72. The summed E-state index contributed by atoms with van der Waals surface area (Å²) in [5.41, 5.74) is -0.944. The molecule has 1 saturated heterocycles. The Bertz CT molecular complexity index is 923. The molecule has 0 unspecified atom stereocenters. The van der Waals surface area contributed by atoms with Gasteiger partial charge in [-0.25, -0.2) is 0 Å². The fourth-order valence-electron chi connectivity index (χ4n) is 11.4. The van der Waals surface area contributed by atoms with Crippen LogP contribution in [0.3, 0.4) is 0 Å². The molecule has 0 amide bonds. The van der Waals surface area contributed by atoms with Crippen LogP contribution in [0, 0.1) is 45.3 Å². The number of carbonyl (C=O) groups excluding carboxylic acids is 1. The van der Waals surface area contributed by atoms with E-state index in [1.165, 1.54) is 6.42 Å². The molecule has 1 aliphatic heterocycles. The fourth-order valence-corrected chi connectivity index (χ4v) is 11.4. The van der Waals surface area contributed by atoms with Gasteiger partial charge in [-0.1, -0.05) is 34.6 Å². The number of carbonyl (C=O) groups is 1. The first-order valence-corrected chi connectivity index (χ1v) is 15.2. The van der Waals surface area contributed by atoms with Gasteiger partial charge in [0.2, 0.25) is 0 Å². The molecule has 5 nitrogen and oxygen atoms in total. The Kier molecular flexibility index (Phi) is 6.35. The molecule has 11 atom stereocenters. The highest BCUT2D eigenvalue weighted by atomic mass is 16.5. The summed E-state index contributed by atoms with van der Waals surface area (Å²) in [6.07, 6.45) is 8.67. The lowest BCUT2D eigenvalue weighted by molar-refractivity contribution is -0.252. The lowest BCUT2D eigenvalue weighted by atomic mass is 9.35. The molecule has 5 fully saturated rings. The molecule has 0 aromatic rings. The van der Waals surface area contributed by atoms with Crippen molar-refractivity contribution in [1.82, 2.24) is 0 Å². The Morgan fingerprint density at radius 1 is 0.892 bits per heavy atom. The third kappa shape index (κ3) is 3.83. The normalized spacial score (nSPS) is 53.2. The second-order valence-corrected chi connectivity index (χ2v) is 16.0. The van der Waals surface area contributed by atoms with Gasteiger partial charge in [0.15, 0.2) is 0 Å². The van der Waals surface area contributed by atoms with Crippen LogP contribution in [0.15, 0.2) is 0 Å². The van der Waals surface area contributed by atoms with Crippen molar-refractivity contribution in [3.63, 3.8) is 0 Å². The van der Waals surface area contributed by atoms with Crippen LogP contribution in [0.1, 0.15) is 120 Å². The smallest absolute Gasteiger partial charge is 0.302 e. The number of ether oxygens (including phenoxy) is 2. The van der Waals surface area contributed by atoms with Crippen LogP contribution >= 0.6 is 0 Å². The van der Waals surface area contributed by atoms with Crippen LogP contribution in [0.4, 0.5) is 0 Å². The second kappa shape index (κ2) is 8.43. The Hall–Kier alpha value is -0.650. The maximum Gasteiger partial charge on any atom is 0.302 e. The number of esters is 1. The molecule has 2 N–H and O–H groups in total. The highest BCUT2D eigenvalue weighted by molar-refractivity contribution is 5.66. The van der Waals surface area contributed by atoms with Gasteiger partial charge in [0.05, 0.1) is 23.4 Å². The number of rotatable bonds is 3. The summed E-state index contributed by atoms with van der Waals surface area (Å²) >= 11 is 0. The van der Waals surface area contributed by atoms with Crippen molar-refractivity contribution >= 4 is 5.97 Å². The predicted molar refractivity (Wildman–Crippen MR) is 145 cm³/mol. The number of hydrogen-bond donors (Lipinski definition) is 2. The minimum Gasteiger partial charge on any atom is -0.462 e. The molecule has 37 heavy (non-hydrogen) atoms. The van der Waals surface area contributed by atoms with Crippen molar-refractivity contribution in [2.45, 2.75) is 150 Å². The van der Waals surface area contributed by atoms with E-state index in [9.17, 15) is 15.0 Å². The molecule has 5 heteroatoms. The lowest BCUT2D eigenvalue weighted by Crippen LogP contribution is -2.67. The van der Waals surface area contributed by atoms with Gasteiger partial charge in [-0.3, -0.25) is 4.79 Å². The van der Waals surface area contributed by atoms with Crippen LogP contribution in [0.5, 0.6) is 0 Å². The molecule has 0 spiro atoms. The molecular weight excluding hydrogens is 464 g/mol. The maximum absolute atomic E-state index is 12.5. The zero-order chi connectivity index (χ0) is 27.4. The molecule has 1 heterocycles. The molecule has 0 aromatic heterocycles. The summed E-state index contributed by atoms with van der Waals surface area (Å²) in [5, 5.41) is 21.7. The van der Waals surface area contributed by atoms with E-state index in [1.54, 1.807) is 6.92 Å². The molecule has 0 aromatic carbocycles. The lowest BCUT2D eigenvalue weighted by Gasteiger charge is -2.70. The predicted octanol–water partition coefficient (Wildman–Crippen LogP) is 6.28. The molecule has 4 saturated carbocycles. The van der Waals surface area contributed by atoms with E-state index in [0.717, 1.165) is 51.4 Å². The van der Waals surface area contributed by atoms with Crippen LogP contribution in [-0.4, -0.2) is 45.7 Å². The van der Waals surface area contributed by atoms with E-state index in [2.05, 4.69) is 41.5 Å². The molecule has 212 valence electrons. The van der Waals surface area contributed by atoms with Crippen molar-refractivity contribution in [3.05, 3.63) is 0 Å². The second-order valence-electron chi connectivity index (χ2n) is 16.0. The summed E-state index contributed by atoms with van der Waals surface area (Å²) in [6, 6.07) is 0. The monoisotopic (exact) mass is 518 g/mol. The van der Waals surface area contributed by atoms with E-state index >= 15 is 0 Å². The van der Waals surface area contributed by atoms with Gasteiger partial charge in [0.1, 0.15) is 6.10 Å². The SMILES string of the molecule is CC(=O)O[C@@H]1C[C@@H]2[C@@]3(C)CC[C@H](O)C(C)(C)[C@@H]3CC[C@@]2(C)[C@]2(C)CC[C@H]([C@]3(C)CC[C@@H](C(C)(C)O)O3)[C@@H]12. The molecule has 5 rings (SSSR count). The number of hydrogen-bond acceptors (Lipinski definition) is 5. The zero-order valence-corrected chi connectivity index (χ0v) is 25.0. The Labute approximate surface area is 225 Å². The highest BCUT2D eigenvalue weighted by Crippen LogP contribution is 2.76. The van der Waals surface area contributed by atoms with Gasteiger partial charge < -0.3 is 19.7 Å². The summed E-state index contributed by atoms with van der Waals surface area (Å²) < 4.78 is 13.0. The van der Waals surface area contributed by atoms with Gasteiger partial charge in [-0.2, -0.15) is 0 Å². The minimum absolute atomic E-state index is 0.0497. The van der Waals surface area contributed by atoms with Crippen molar-refractivity contribution in [2.75, 3.05) is 0 Å². The summed E-state index contributed by atoms with van der Waals surface area (Å²) in [6.45, 7) is 19.7. The van der Waals surface area contributed by atoms with E-state index in [1.807, 2.05) is 13.8 Å². The molecule has 4 aliphatic carbocycles. The molecule has 0 bridgehead atoms. The topological polar surface area (TPSA) is 76.0 Å².